The van der Waals surface area contributed by atoms with Crippen LogP contribution in [0.5, 0.6) is 0 Å². The molecule has 0 aromatic carbocycles. The minimum Gasteiger partial charge on any atom is -0.263 e. The molecule has 0 N–H and O–H groups in total. The summed E-state index contributed by atoms with van der Waals surface area (Å²) in [7, 11) is 0. The average molecular weight is 259 g/mol. The van der Waals surface area contributed by atoms with Crippen LogP contribution < -0.4 is 0 Å². The van der Waals surface area contributed by atoms with Crippen molar-refractivity contribution >= 4 is 11.6 Å². The van der Waals surface area contributed by atoms with Gasteiger partial charge in [0.15, 0.2) is 0 Å². The fourth-order valence-electron chi connectivity index (χ4n) is 1.48. The molecule has 0 saturated carbocycles. The molecule has 5 heteroatoms. The topological polar surface area (TPSA) is 62.5 Å². The molecule has 0 amide bonds. The fraction of sp³-hybridized carbons (Fsp3) is 0.231. The zero-order chi connectivity index (χ0) is 13.1. The van der Waals surface area contributed by atoms with Gasteiger partial charge in [-0.1, -0.05) is 25.4 Å². The molecule has 0 saturated heterocycles. The lowest BCUT2D eigenvalue weighted by molar-refractivity contribution is 0.776. The summed E-state index contributed by atoms with van der Waals surface area (Å²) in [5, 5.41) is 9.25. The first kappa shape index (κ1) is 12.5. The van der Waals surface area contributed by atoms with Crippen LogP contribution in [-0.2, 0) is 0 Å². The van der Waals surface area contributed by atoms with Gasteiger partial charge in [-0.2, -0.15) is 5.26 Å². The molecule has 0 aliphatic rings. The molecule has 18 heavy (non-hydrogen) atoms. The third kappa shape index (κ3) is 2.63. The summed E-state index contributed by atoms with van der Waals surface area (Å²) < 4.78 is 0. The molecule has 0 fully saturated rings. The summed E-state index contributed by atoms with van der Waals surface area (Å²) in [6, 6.07) is 5.45. The van der Waals surface area contributed by atoms with Gasteiger partial charge in [-0.25, -0.2) is 9.97 Å². The van der Waals surface area contributed by atoms with Gasteiger partial charge in [0.1, 0.15) is 17.0 Å². The molecule has 2 heterocycles. The van der Waals surface area contributed by atoms with Crippen LogP contribution in [0.15, 0.2) is 24.5 Å². The monoisotopic (exact) mass is 258 g/mol. The molecule has 0 unspecified atom stereocenters. The van der Waals surface area contributed by atoms with Gasteiger partial charge in [-0.3, -0.25) is 4.98 Å². The number of nitriles is 1. The number of hydrogen-bond donors (Lipinski definition) is 0. The van der Waals surface area contributed by atoms with E-state index in [1.807, 2.05) is 13.8 Å². The predicted molar refractivity (Wildman–Crippen MR) is 69.1 cm³/mol. The number of hydrogen-bond acceptors (Lipinski definition) is 4. The highest BCUT2D eigenvalue weighted by Crippen LogP contribution is 2.22. The van der Waals surface area contributed by atoms with Gasteiger partial charge in [0.25, 0.3) is 0 Å². The van der Waals surface area contributed by atoms with Gasteiger partial charge in [0, 0.05) is 29.9 Å². The van der Waals surface area contributed by atoms with Crippen LogP contribution >= 0.6 is 11.6 Å². The van der Waals surface area contributed by atoms with Crippen LogP contribution in [0.2, 0.25) is 5.15 Å². The van der Waals surface area contributed by atoms with Gasteiger partial charge < -0.3 is 0 Å². The molecule has 2 rings (SSSR count). The molecule has 2 aromatic heterocycles. The Balaban J connectivity index is 2.53. The summed E-state index contributed by atoms with van der Waals surface area (Å²) in [6.45, 7) is 4.00. The predicted octanol–water partition coefficient (Wildman–Crippen LogP) is 3.19. The summed E-state index contributed by atoms with van der Waals surface area (Å²) in [5.41, 5.74) is 1.94. The number of pyridine rings is 1. The molecule has 0 bridgehead atoms. The molecule has 4 nitrogen and oxygen atoms in total. The molecule has 0 aliphatic carbocycles. The van der Waals surface area contributed by atoms with Crippen molar-refractivity contribution < 1.29 is 0 Å². The maximum absolute atomic E-state index is 8.86. The second kappa shape index (κ2) is 5.11. The highest BCUT2D eigenvalue weighted by Gasteiger charge is 2.09. The van der Waals surface area contributed by atoms with E-state index in [2.05, 4.69) is 21.0 Å². The van der Waals surface area contributed by atoms with Gasteiger partial charge in [-0.05, 0) is 6.07 Å². The summed E-state index contributed by atoms with van der Waals surface area (Å²) >= 11 is 5.98. The van der Waals surface area contributed by atoms with E-state index in [4.69, 9.17) is 16.9 Å². The van der Waals surface area contributed by atoms with Crippen LogP contribution in [0.1, 0.15) is 31.2 Å². The normalized spacial score (nSPS) is 10.4. The Labute approximate surface area is 110 Å². The minimum absolute atomic E-state index is 0.189. The number of nitrogens with zero attached hydrogens (tertiary/aromatic N) is 4. The lowest BCUT2D eigenvalue weighted by atomic mass is 10.1. The largest absolute Gasteiger partial charge is 0.263 e. The lowest BCUT2D eigenvalue weighted by Gasteiger charge is -2.07. The maximum atomic E-state index is 8.86. The Kier molecular flexibility index (Phi) is 3.54. The standard InChI is InChI=1S/C13H11ClN4/c1-8(2)13-17-11(4-12(14)18-13)10-3-9(5-15)6-16-7-10/h3-4,6-8H,1-2H3. The van der Waals surface area contributed by atoms with Crippen LogP contribution in [-0.4, -0.2) is 15.0 Å². The van der Waals surface area contributed by atoms with Crippen LogP contribution in [0.3, 0.4) is 0 Å². The SMILES string of the molecule is CC(C)c1nc(Cl)cc(-c2cncc(C#N)c2)n1. The Morgan fingerprint density at radius 2 is 2.00 bits per heavy atom. The molecule has 0 atom stereocenters. The Morgan fingerprint density at radius 3 is 2.67 bits per heavy atom. The zero-order valence-corrected chi connectivity index (χ0v) is 10.8. The second-order valence-electron chi connectivity index (χ2n) is 4.16. The van der Waals surface area contributed by atoms with Gasteiger partial charge >= 0.3 is 0 Å². The van der Waals surface area contributed by atoms with E-state index < -0.39 is 0 Å². The lowest BCUT2D eigenvalue weighted by Crippen LogP contribution is -1.99. The van der Waals surface area contributed by atoms with Crippen LogP contribution in [0, 0.1) is 11.3 Å². The van der Waals surface area contributed by atoms with Crippen molar-refractivity contribution in [3.8, 4) is 17.3 Å². The van der Waals surface area contributed by atoms with E-state index in [0.29, 0.717) is 22.2 Å². The van der Waals surface area contributed by atoms with E-state index in [1.54, 1.807) is 18.3 Å². The van der Waals surface area contributed by atoms with E-state index in [1.165, 1.54) is 6.20 Å². The van der Waals surface area contributed by atoms with Crippen molar-refractivity contribution in [1.29, 1.82) is 5.26 Å². The van der Waals surface area contributed by atoms with Gasteiger partial charge in [0.05, 0.1) is 11.3 Å². The highest BCUT2D eigenvalue weighted by atomic mass is 35.5. The van der Waals surface area contributed by atoms with Crippen molar-refractivity contribution in [2.24, 2.45) is 0 Å². The third-order valence-electron chi connectivity index (χ3n) is 2.39. The van der Waals surface area contributed by atoms with E-state index in [9.17, 15) is 0 Å². The first-order valence-corrected chi connectivity index (χ1v) is 5.88. The fourth-order valence-corrected chi connectivity index (χ4v) is 1.67. The smallest absolute Gasteiger partial charge is 0.133 e. The maximum Gasteiger partial charge on any atom is 0.133 e. The van der Waals surface area contributed by atoms with Gasteiger partial charge in [0.2, 0.25) is 0 Å². The zero-order valence-electron chi connectivity index (χ0n) is 10.1. The average Bonchev–Trinajstić information content (AvgIpc) is 2.38. The second-order valence-corrected chi connectivity index (χ2v) is 4.55. The molecular weight excluding hydrogens is 248 g/mol. The molecule has 0 radical (unpaired) electrons. The summed E-state index contributed by atoms with van der Waals surface area (Å²) in [5.74, 6) is 0.870. The van der Waals surface area contributed by atoms with Crippen LogP contribution in [0.25, 0.3) is 11.3 Å². The molecule has 90 valence electrons. The Bertz CT molecular complexity index is 617. The van der Waals surface area contributed by atoms with E-state index in [0.717, 1.165) is 5.56 Å². The molecule has 0 aliphatic heterocycles. The van der Waals surface area contributed by atoms with E-state index >= 15 is 0 Å². The van der Waals surface area contributed by atoms with Crippen molar-refractivity contribution in [3.05, 3.63) is 41.1 Å². The minimum atomic E-state index is 0.189. The molecular formula is C13H11ClN4. The first-order valence-electron chi connectivity index (χ1n) is 5.50. The summed E-state index contributed by atoms with van der Waals surface area (Å²) in [6.07, 6.45) is 3.17. The molecule has 2 aromatic rings. The van der Waals surface area contributed by atoms with E-state index in [-0.39, 0.29) is 5.92 Å². The first-order chi connectivity index (χ1) is 8.60. The number of halogens is 1. The van der Waals surface area contributed by atoms with Crippen molar-refractivity contribution in [3.63, 3.8) is 0 Å². The Hall–Kier alpha value is -1.99. The van der Waals surface area contributed by atoms with Crippen molar-refractivity contribution in [1.82, 2.24) is 15.0 Å². The number of rotatable bonds is 2. The highest BCUT2D eigenvalue weighted by molar-refractivity contribution is 6.29. The van der Waals surface area contributed by atoms with Crippen molar-refractivity contribution in [2.45, 2.75) is 19.8 Å². The van der Waals surface area contributed by atoms with Crippen molar-refractivity contribution in [2.75, 3.05) is 0 Å². The van der Waals surface area contributed by atoms with Crippen LogP contribution in [0.4, 0.5) is 0 Å². The summed E-state index contributed by atoms with van der Waals surface area (Å²) in [4.78, 5) is 12.6. The number of aromatic nitrogens is 3. The third-order valence-corrected chi connectivity index (χ3v) is 2.59. The molecule has 0 spiro atoms. The Morgan fingerprint density at radius 1 is 1.22 bits per heavy atom. The quantitative estimate of drug-likeness (QED) is 0.776. The van der Waals surface area contributed by atoms with Gasteiger partial charge in [-0.15, -0.1) is 0 Å².